The fourth-order valence-corrected chi connectivity index (χ4v) is 2.57. The van der Waals surface area contributed by atoms with Gasteiger partial charge in [-0.25, -0.2) is 12.7 Å². The van der Waals surface area contributed by atoms with Crippen molar-refractivity contribution in [3.8, 4) is 0 Å². The van der Waals surface area contributed by atoms with E-state index >= 15 is 0 Å². The van der Waals surface area contributed by atoms with E-state index in [2.05, 4.69) is 5.32 Å². The number of rotatable bonds is 5. The summed E-state index contributed by atoms with van der Waals surface area (Å²) in [6.07, 6.45) is 0. The highest BCUT2D eigenvalue weighted by atomic mass is 35.5. The van der Waals surface area contributed by atoms with Crippen LogP contribution in [0.2, 0.25) is 5.02 Å². The molecule has 21 heavy (non-hydrogen) atoms. The van der Waals surface area contributed by atoms with Crippen LogP contribution in [-0.4, -0.2) is 50.0 Å². The molecule has 0 unspecified atom stereocenters. The lowest BCUT2D eigenvalue weighted by Crippen LogP contribution is -2.38. The van der Waals surface area contributed by atoms with Gasteiger partial charge >= 0.3 is 0 Å². The molecule has 0 bridgehead atoms. The summed E-state index contributed by atoms with van der Waals surface area (Å²) in [5, 5.41) is 12.2. The second kappa shape index (κ2) is 6.31. The number of nitrogens with zero attached hydrogens (tertiary/aromatic N) is 1. The number of hydrogen-bond acceptors (Lipinski definition) is 4. The van der Waals surface area contributed by atoms with E-state index in [1.54, 1.807) is 13.8 Å². The molecular weight excluding hydrogens is 316 g/mol. The molecule has 0 aliphatic heterocycles. The van der Waals surface area contributed by atoms with E-state index in [0.717, 1.165) is 4.31 Å². The summed E-state index contributed by atoms with van der Waals surface area (Å²) in [4.78, 5) is 12.0. The minimum absolute atomic E-state index is 0.0207. The first-order valence-electron chi connectivity index (χ1n) is 6.18. The first-order chi connectivity index (χ1) is 9.45. The van der Waals surface area contributed by atoms with Crippen LogP contribution in [-0.2, 0) is 10.0 Å². The molecule has 0 spiro atoms. The summed E-state index contributed by atoms with van der Waals surface area (Å²) in [6, 6.07) is 3.92. The van der Waals surface area contributed by atoms with Crippen LogP contribution in [0.25, 0.3) is 0 Å². The number of aliphatic hydroxyl groups is 1. The maximum absolute atomic E-state index is 12.0. The second-order valence-corrected chi connectivity index (χ2v) is 7.98. The van der Waals surface area contributed by atoms with Gasteiger partial charge in [-0.1, -0.05) is 11.6 Å². The van der Waals surface area contributed by atoms with Gasteiger partial charge in [-0.2, -0.15) is 0 Å². The van der Waals surface area contributed by atoms with Gasteiger partial charge in [0.25, 0.3) is 5.91 Å². The Balaban J connectivity index is 3.12. The summed E-state index contributed by atoms with van der Waals surface area (Å²) >= 11 is 5.94. The van der Waals surface area contributed by atoms with Crippen molar-refractivity contribution >= 4 is 27.5 Å². The van der Waals surface area contributed by atoms with Crippen molar-refractivity contribution < 1.29 is 18.3 Å². The Labute approximate surface area is 129 Å². The number of sulfonamides is 1. The monoisotopic (exact) mass is 334 g/mol. The smallest absolute Gasteiger partial charge is 0.252 e. The molecule has 118 valence electrons. The SMILES string of the molecule is CN(C)S(=O)(=O)c1ccc(Cl)c(C(=O)NCC(C)(C)O)c1. The first-order valence-corrected chi connectivity index (χ1v) is 7.99. The minimum atomic E-state index is -3.65. The van der Waals surface area contributed by atoms with Crippen LogP contribution >= 0.6 is 11.6 Å². The highest BCUT2D eigenvalue weighted by molar-refractivity contribution is 7.89. The van der Waals surface area contributed by atoms with E-state index in [1.165, 1.54) is 32.3 Å². The second-order valence-electron chi connectivity index (χ2n) is 5.42. The first kappa shape index (κ1) is 17.9. The molecule has 0 aliphatic carbocycles. The van der Waals surface area contributed by atoms with Gasteiger partial charge in [0, 0.05) is 20.6 Å². The third-order valence-electron chi connectivity index (χ3n) is 2.64. The molecule has 6 nitrogen and oxygen atoms in total. The number of amides is 1. The molecule has 0 heterocycles. The van der Waals surface area contributed by atoms with Gasteiger partial charge in [-0.3, -0.25) is 4.79 Å². The van der Waals surface area contributed by atoms with Gasteiger partial charge < -0.3 is 10.4 Å². The van der Waals surface area contributed by atoms with E-state index in [9.17, 15) is 18.3 Å². The van der Waals surface area contributed by atoms with Crippen molar-refractivity contribution in [3.05, 3.63) is 28.8 Å². The fourth-order valence-electron chi connectivity index (χ4n) is 1.44. The van der Waals surface area contributed by atoms with Crippen LogP contribution < -0.4 is 5.32 Å². The van der Waals surface area contributed by atoms with Crippen molar-refractivity contribution in [1.82, 2.24) is 9.62 Å². The van der Waals surface area contributed by atoms with E-state index < -0.39 is 21.5 Å². The van der Waals surface area contributed by atoms with Crippen LogP contribution in [0.5, 0.6) is 0 Å². The lowest BCUT2D eigenvalue weighted by Gasteiger charge is -2.18. The Morgan fingerprint density at radius 2 is 1.95 bits per heavy atom. The van der Waals surface area contributed by atoms with Crippen LogP contribution in [0, 0.1) is 0 Å². The van der Waals surface area contributed by atoms with Crippen LogP contribution in [0.3, 0.4) is 0 Å². The normalized spacial score (nSPS) is 12.5. The topological polar surface area (TPSA) is 86.7 Å². The van der Waals surface area contributed by atoms with Gasteiger partial charge in [0.2, 0.25) is 10.0 Å². The van der Waals surface area contributed by atoms with E-state index in [1.807, 2.05) is 0 Å². The average molecular weight is 335 g/mol. The lowest BCUT2D eigenvalue weighted by atomic mass is 10.1. The number of carbonyl (C=O) groups is 1. The Hall–Kier alpha value is -1.15. The predicted octanol–water partition coefficient (Wildman–Crippen LogP) is 1.09. The van der Waals surface area contributed by atoms with E-state index in [0.29, 0.717) is 0 Å². The molecule has 0 saturated carbocycles. The van der Waals surface area contributed by atoms with Crippen molar-refractivity contribution in [2.45, 2.75) is 24.3 Å². The highest BCUT2D eigenvalue weighted by Crippen LogP contribution is 2.22. The zero-order valence-corrected chi connectivity index (χ0v) is 13.9. The summed E-state index contributed by atoms with van der Waals surface area (Å²) < 4.78 is 25.1. The van der Waals surface area contributed by atoms with Crippen molar-refractivity contribution in [1.29, 1.82) is 0 Å². The number of nitrogens with one attached hydrogen (secondary N) is 1. The molecule has 0 fully saturated rings. The molecule has 2 N–H and O–H groups in total. The number of hydrogen-bond donors (Lipinski definition) is 2. The minimum Gasteiger partial charge on any atom is -0.389 e. The maximum atomic E-state index is 12.0. The zero-order chi connectivity index (χ0) is 16.4. The molecule has 0 saturated heterocycles. The quantitative estimate of drug-likeness (QED) is 0.844. The molecular formula is C13H19ClN2O4S. The number of carbonyl (C=O) groups excluding carboxylic acids is 1. The Morgan fingerprint density at radius 1 is 1.38 bits per heavy atom. The zero-order valence-electron chi connectivity index (χ0n) is 12.3. The Bertz CT molecular complexity index is 636. The standard InChI is InChI=1S/C13H19ClN2O4S/c1-13(2,18)8-15-12(17)10-7-9(5-6-11(10)14)21(19,20)16(3)4/h5-7,18H,8H2,1-4H3,(H,15,17). The fraction of sp³-hybridized carbons (Fsp3) is 0.462. The molecule has 0 radical (unpaired) electrons. The summed E-state index contributed by atoms with van der Waals surface area (Å²) in [5.41, 5.74) is -1.03. The number of halogens is 1. The van der Waals surface area contributed by atoms with Crippen molar-refractivity contribution in [2.24, 2.45) is 0 Å². The molecule has 8 heteroatoms. The van der Waals surface area contributed by atoms with Crippen LogP contribution in [0.1, 0.15) is 24.2 Å². The Kier molecular flexibility index (Phi) is 5.38. The van der Waals surface area contributed by atoms with Gasteiger partial charge in [0.05, 0.1) is 21.1 Å². The van der Waals surface area contributed by atoms with Gasteiger partial charge in [-0.15, -0.1) is 0 Å². The molecule has 1 aromatic carbocycles. The largest absolute Gasteiger partial charge is 0.389 e. The van der Waals surface area contributed by atoms with Gasteiger partial charge in [-0.05, 0) is 32.0 Å². The molecule has 0 atom stereocenters. The molecule has 1 rings (SSSR count). The lowest BCUT2D eigenvalue weighted by molar-refractivity contribution is 0.0694. The number of benzene rings is 1. The third-order valence-corrected chi connectivity index (χ3v) is 4.78. The maximum Gasteiger partial charge on any atom is 0.252 e. The molecule has 0 aromatic heterocycles. The van der Waals surface area contributed by atoms with Crippen LogP contribution in [0.4, 0.5) is 0 Å². The van der Waals surface area contributed by atoms with Crippen LogP contribution in [0.15, 0.2) is 23.1 Å². The van der Waals surface area contributed by atoms with E-state index in [-0.39, 0.29) is 22.0 Å². The van der Waals surface area contributed by atoms with Gasteiger partial charge in [0.1, 0.15) is 0 Å². The Morgan fingerprint density at radius 3 is 2.43 bits per heavy atom. The summed E-state index contributed by atoms with van der Waals surface area (Å²) in [5.74, 6) is -0.544. The molecule has 1 amide bonds. The highest BCUT2D eigenvalue weighted by Gasteiger charge is 2.21. The van der Waals surface area contributed by atoms with E-state index in [4.69, 9.17) is 11.6 Å². The van der Waals surface area contributed by atoms with Gasteiger partial charge in [0.15, 0.2) is 0 Å². The molecule has 0 aliphatic rings. The summed E-state index contributed by atoms with van der Waals surface area (Å²) in [7, 11) is -0.846. The predicted molar refractivity (Wildman–Crippen MR) is 81.0 cm³/mol. The molecule has 1 aromatic rings. The van der Waals surface area contributed by atoms with Crippen molar-refractivity contribution in [2.75, 3.05) is 20.6 Å². The van der Waals surface area contributed by atoms with Crippen molar-refractivity contribution in [3.63, 3.8) is 0 Å². The average Bonchev–Trinajstić information content (AvgIpc) is 2.35. The summed E-state index contributed by atoms with van der Waals surface area (Å²) in [6.45, 7) is 3.11. The third kappa shape index (κ3) is 4.67.